The zero-order chi connectivity index (χ0) is 14.0. The Balaban J connectivity index is 1.68. The van der Waals surface area contributed by atoms with Gasteiger partial charge >= 0.3 is 0 Å². The van der Waals surface area contributed by atoms with Crippen molar-refractivity contribution in [1.29, 1.82) is 0 Å². The Hall–Kier alpha value is -0.940. The molecule has 0 spiro atoms. The maximum atomic E-state index is 5.66. The van der Waals surface area contributed by atoms with Crippen LogP contribution in [0.3, 0.4) is 0 Å². The number of nitrogens with one attached hydrogen (secondary N) is 1. The minimum absolute atomic E-state index is 0.148. The van der Waals surface area contributed by atoms with Gasteiger partial charge in [0, 0.05) is 42.3 Å². The van der Waals surface area contributed by atoms with Crippen molar-refractivity contribution >= 4 is 21.4 Å². The van der Waals surface area contributed by atoms with E-state index in [1.807, 2.05) is 11.3 Å². The second-order valence-electron chi connectivity index (χ2n) is 5.48. The van der Waals surface area contributed by atoms with Crippen molar-refractivity contribution < 1.29 is 9.47 Å². The SMILES string of the molecule is COC1(CNC(C)c2cc3ccccc3s2)CCOC1. The molecule has 0 aliphatic carbocycles. The average molecular weight is 291 g/mol. The summed E-state index contributed by atoms with van der Waals surface area (Å²) in [6.07, 6.45) is 0.968. The summed E-state index contributed by atoms with van der Waals surface area (Å²) in [5, 5.41) is 4.92. The lowest BCUT2D eigenvalue weighted by Crippen LogP contribution is -2.43. The fraction of sp³-hybridized carbons (Fsp3) is 0.500. The Kier molecular flexibility index (Phi) is 4.08. The molecular formula is C16H21NO2S. The normalized spacial score (nSPS) is 24.3. The van der Waals surface area contributed by atoms with Gasteiger partial charge in [0.25, 0.3) is 0 Å². The van der Waals surface area contributed by atoms with Gasteiger partial charge in [0.2, 0.25) is 0 Å². The Morgan fingerprint density at radius 2 is 2.30 bits per heavy atom. The third-order valence-corrected chi connectivity index (χ3v) is 5.40. The maximum Gasteiger partial charge on any atom is 0.106 e. The molecule has 2 aromatic rings. The van der Waals surface area contributed by atoms with E-state index >= 15 is 0 Å². The average Bonchev–Trinajstić information content (AvgIpc) is 3.12. The van der Waals surface area contributed by atoms with Crippen LogP contribution in [0.5, 0.6) is 0 Å². The van der Waals surface area contributed by atoms with Crippen molar-refractivity contribution in [1.82, 2.24) is 5.32 Å². The minimum Gasteiger partial charge on any atom is -0.378 e. The fourth-order valence-corrected chi connectivity index (χ4v) is 3.71. The van der Waals surface area contributed by atoms with Crippen LogP contribution in [0.4, 0.5) is 0 Å². The highest BCUT2D eigenvalue weighted by molar-refractivity contribution is 7.19. The molecule has 0 amide bonds. The third kappa shape index (κ3) is 2.74. The predicted octanol–water partition coefficient (Wildman–Crippen LogP) is 3.36. The number of rotatable bonds is 5. The van der Waals surface area contributed by atoms with Gasteiger partial charge in [0.05, 0.1) is 6.61 Å². The van der Waals surface area contributed by atoms with Gasteiger partial charge in [-0.25, -0.2) is 0 Å². The standard InChI is InChI=1S/C16H21NO2S/c1-12(17-10-16(18-2)7-8-19-11-16)15-9-13-5-3-4-6-14(13)20-15/h3-6,9,12,17H,7-8,10-11H2,1-2H3. The van der Waals surface area contributed by atoms with Crippen LogP contribution in [0.15, 0.2) is 30.3 Å². The summed E-state index contributed by atoms with van der Waals surface area (Å²) >= 11 is 1.86. The molecular weight excluding hydrogens is 270 g/mol. The Morgan fingerprint density at radius 1 is 1.45 bits per heavy atom. The van der Waals surface area contributed by atoms with E-state index in [1.165, 1.54) is 15.0 Å². The van der Waals surface area contributed by atoms with Crippen LogP contribution in [0.1, 0.15) is 24.3 Å². The first-order chi connectivity index (χ1) is 9.72. The molecule has 2 heterocycles. The van der Waals surface area contributed by atoms with Gasteiger partial charge in [-0.15, -0.1) is 11.3 Å². The molecule has 1 aliphatic heterocycles. The van der Waals surface area contributed by atoms with Crippen molar-refractivity contribution in [2.75, 3.05) is 26.9 Å². The lowest BCUT2D eigenvalue weighted by Gasteiger charge is -2.27. The molecule has 3 rings (SSSR count). The van der Waals surface area contributed by atoms with E-state index in [-0.39, 0.29) is 5.60 Å². The number of methoxy groups -OCH3 is 1. The molecule has 1 aliphatic rings. The maximum absolute atomic E-state index is 5.66. The summed E-state index contributed by atoms with van der Waals surface area (Å²) < 4.78 is 12.5. The Labute approximate surface area is 123 Å². The van der Waals surface area contributed by atoms with Crippen molar-refractivity contribution in [2.45, 2.75) is 25.0 Å². The molecule has 1 N–H and O–H groups in total. The van der Waals surface area contributed by atoms with Gasteiger partial charge in [-0.05, 0) is 24.4 Å². The first-order valence-electron chi connectivity index (χ1n) is 7.07. The van der Waals surface area contributed by atoms with Gasteiger partial charge < -0.3 is 14.8 Å². The molecule has 1 saturated heterocycles. The summed E-state index contributed by atoms with van der Waals surface area (Å²) in [6.45, 7) is 4.53. The van der Waals surface area contributed by atoms with Crippen LogP contribution in [-0.2, 0) is 9.47 Å². The van der Waals surface area contributed by atoms with Crippen LogP contribution in [0, 0.1) is 0 Å². The predicted molar refractivity (Wildman–Crippen MR) is 83.4 cm³/mol. The lowest BCUT2D eigenvalue weighted by atomic mass is 10.0. The van der Waals surface area contributed by atoms with Crippen LogP contribution in [-0.4, -0.2) is 32.5 Å². The number of ether oxygens (including phenoxy) is 2. The highest BCUT2D eigenvalue weighted by Crippen LogP contribution is 2.30. The first-order valence-corrected chi connectivity index (χ1v) is 7.89. The van der Waals surface area contributed by atoms with Crippen LogP contribution < -0.4 is 5.32 Å². The quantitative estimate of drug-likeness (QED) is 0.916. The number of hydrogen-bond donors (Lipinski definition) is 1. The molecule has 0 saturated carbocycles. The van der Waals surface area contributed by atoms with Crippen LogP contribution in [0.2, 0.25) is 0 Å². The summed E-state index contributed by atoms with van der Waals surface area (Å²) in [5.41, 5.74) is -0.148. The van der Waals surface area contributed by atoms with Gasteiger partial charge in [0.15, 0.2) is 0 Å². The van der Waals surface area contributed by atoms with Crippen molar-refractivity contribution in [3.8, 4) is 0 Å². The molecule has 1 aromatic carbocycles. The van der Waals surface area contributed by atoms with E-state index in [0.717, 1.165) is 19.6 Å². The van der Waals surface area contributed by atoms with E-state index in [9.17, 15) is 0 Å². The highest BCUT2D eigenvalue weighted by Gasteiger charge is 2.35. The van der Waals surface area contributed by atoms with E-state index in [1.54, 1.807) is 7.11 Å². The smallest absolute Gasteiger partial charge is 0.106 e. The van der Waals surface area contributed by atoms with Crippen molar-refractivity contribution in [3.05, 3.63) is 35.2 Å². The van der Waals surface area contributed by atoms with E-state index in [2.05, 4.69) is 42.6 Å². The molecule has 108 valence electrons. The fourth-order valence-electron chi connectivity index (χ4n) is 2.62. The van der Waals surface area contributed by atoms with E-state index in [0.29, 0.717) is 12.6 Å². The number of fused-ring (bicyclic) bond motifs is 1. The molecule has 0 radical (unpaired) electrons. The molecule has 3 nitrogen and oxygen atoms in total. The lowest BCUT2D eigenvalue weighted by molar-refractivity contribution is -0.0171. The minimum atomic E-state index is -0.148. The highest BCUT2D eigenvalue weighted by atomic mass is 32.1. The summed E-state index contributed by atoms with van der Waals surface area (Å²) in [4.78, 5) is 1.37. The molecule has 0 bridgehead atoms. The summed E-state index contributed by atoms with van der Waals surface area (Å²) in [6, 6.07) is 11.1. The van der Waals surface area contributed by atoms with E-state index in [4.69, 9.17) is 9.47 Å². The largest absolute Gasteiger partial charge is 0.378 e. The molecule has 2 unspecified atom stereocenters. The van der Waals surface area contributed by atoms with Gasteiger partial charge in [-0.2, -0.15) is 0 Å². The molecule has 20 heavy (non-hydrogen) atoms. The first kappa shape index (κ1) is 14.0. The Bertz CT molecular complexity index is 542. The van der Waals surface area contributed by atoms with Gasteiger partial charge in [-0.3, -0.25) is 0 Å². The van der Waals surface area contributed by atoms with E-state index < -0.39 is 0 Å². The Morgan fingerprint density at radius 3 is 3.00 bits per heavy atom. The second-order valence-corrected chi connectivity index (χ2v) is 6.59. The van der Waals surface area contributed by atoms with Crippen molar-refractivity contribution in [2.24, 2.45) is 0 Å². The molecule has 4 heteroatoms. The topological polar surface area (TPSA) is 30.5 Å². The third-order valence-electron chi connectivity index (χ3n) is 4.10. The zero-order valence-corrected chi connectivity index (χ0v) is 12.8. The van der Waals surface area contributed by atoms with Crippen molar-refractivity contribution in [3.63, 3.8) is 0 Å². The molecule has 1 fully saturated rings. The second kappa shape index (κ2) is 5.82. The molecule has 1 aromatic heterocycles. The number of thiophene rings is 1. The van der Waals surface area contributed by atoms with Gasteiger partial charge in [-0.1, -0.05) is 18.2 Å². The number of benzene rings is 1. The molecule has 2 atom stereocenters. The van der Waals surface area contributed by atoms with Gasteiger partial charge in [0.1, 0.15) is 5.60 Å². The zero-order valence-electron chi connectivity index (χ0n) is 12.0. The summed E-state index contributed by atoms with van der Waals surface area (Å²) in [7, 11) is 1.78. The summed E-state index contributed by atoms with van der Waals surface area (Å²) in [5.74, 6) is 0. The monoisotopic (exact) mass is 291 g/mol. The van der Waals surface area contributed by atoms with Crippen LogP contribution >= 0.6 is 11.3 Å². The van der Waals surface area contributed by atoms with Crippen LogP contribution in [0.25, 0.3) is 10.1 Å². The number of hydrogen-bond acceptors (Lipinski definition) is 4.